The Morgan fingerprint density at radius 2 is 2.00 bits per heavy atom. The maximum Gasteiger partial charge on any atom is 0.164 e. The summed E-state index contributed by atoms with van der Waals surface area (Å²) in [6.45, 7) is -0.503. The molecule has 78 valence electrons. The van der Waals surface area contributed by atoms with Crippen LogP contribution in [0.1, 0.15) is 11.7 Å². The molecule has 4 N–H and O–H groups in total. The summed E-state index contributed by atoms with van der Waals surface area (Å²) in [5, 5.41) is 18.0. The second-order valence-electron chi connectivity index (χ2n) is 2.93. The van der Waals surface area contributed by atoms with E-state index in [1.165, 1.54) is 12.1 Å². The summed E-state index contributed by atoms with van der Waals surface area (Å²) in [7, 11) is 0. The zero-order valence-electron chi connectivity index (χ0n) is 7.32. The van der Waals surface area contributed by atoms with Crippen LogP contribution < -0.4 is 5.73 Å². The molecule has 2 atom stereocenters. The normalized spacial score (nSPS) is 15.2. The molecule has 1 aromatic rings. The lowest BCUT2D eigenvalue weighted by Gasteiger charge is -2.17. The molecule has 0 saturated carbocycles. The zero-order chi connectivity index (χ0) is 10.7. The van der Waals surface area contributed by atoms with E-state index in [0.29, 0.717) is 0 Å². The van der Waals surface area contributed by atoms with Gasteiger partial charge >= 0.3 is 0 Å². The van der Waals surface area contributed by atoms with Gasteiger partial charge in [-0.05, 0) is 6.07 Å². The summed E-state index contributed by atoms with van der Waals surface area (Å²) in [6.07, 6.45) is -1.41. The summed E-state index contributed by atoms with van der Waals surface area (Å²) in [6, 6.07) is 2.40. The molecular weight excluding hydrogens is 192 g/mol. The molecule has 14 heavy (non-hydrogen) atoms. The smallest absolute Gasteiger partial charge is 0.164 e. The van der Waals surface area contributed by atoms with Crippen LogP contribution in [0.3, 0.4) is 0 Å². The van der Waals surface area contributed by atoms with Crippen LogP contribution >= 0.6 is 0 Å². The van der Waals surface area contributed by atoms with Crippen molar-refractivity contribution in [1.82, 2.24) is 0 Å². The summed E-state index contributed by atoms with van der Waals surface area (Å²) in [4.78, 5) is 0. The van der Waals surface area contributed by atoms with Crippen molar-refractivity contribution in [3.8, 4) is 0 Å². The SMILES string of the molecule is NC(CO)C(O)c1cccc(F)c1F. The van der Waals surface area contributed by atoms with Gasteiger partial charge in [0.2, 0.25) is 0 Å². The highest BCUT2D eigenvalue weighted by atomic mass is 19.2. The molecule has 5 heteroatoms. The molecule has 0 radical (unpaired) electrons. The fourth-order valence-corrected chi connectivity index (χ4v) is 1.08. The molecule has 1 aromatic carbocycles. The molecule has 0 saturated heterocycles. The van der Waals surface area contributed by atoms with Crippen molar-refractivity contribution in [2.45, 2.75) is 12.1 Å². The molecule has 0 aliphatic heterocycles. The van der Waals surface area contributed by atoms with Gasteiger partial charge in [0.1, 0.15) is 0 Å². The number of halogens is 2. The fraction of sp³-hybridized carbons (Fsp3) is 0.333. The van der Waals surface area contributed by atoms with Crippen LogP contribution in [0.25, 0.3) is 0 Å². The number of hydrogen-bond acceptors (Lipinski definition) is 3. The Hall–Kier alpha value is -1.04. The van der Waals surface area contributed by atoms with E-state index in [0.717, 1.165) is 6.07 Å². The molecule has 0 spiro atoms. The monoisotopic (exact) mass is 203 g/mol. The van der Waals surface area contributed by atoms with Crippen molar-refractivity contribution in [1.29, 1.82) is 0 Å². The van der Waals surface area contributed by atoms with E-state index in [9.17, 15) is 13.9 Å². The number of rotatable bonds is 3. The Morgan fingerprint density at radius 1 is 1.36 bits per heavy atom. The zero-order valence-corrected chi connectivity index (χ0v) is 7.32. The van der Waals surface area contributed by atoms with E-state index in [4.69, 9.17) is 10.8 Å². The van der Waals surface area contributed by atoms with E-state index in [1.54, 1.807) is 0 Å². The minimum Gasteiger partial charge on any atom is -0.395 e. The van der Waals surface area contributed by atoms with Crippen LogP contribution in [0.15, 0.2) is 18.2 Å². The topological polar surface area (TPSA) is 66.5 Å². The fourth-order valence-electron chi connectivity index (χ4n) is 1.08. The van der Waals surface area contributed by atoms with Gasteiger partial charge in [-0.15, -0.1) is 0 Å². The number of nitrogens with two attached hydrogens (primary N) is 1. The quantitative estimate of drug-likeness (QED) is 0.662. The number of benzene rings is 1. The largest absolute Gasteiger partial charge is 0.395 e. The lowest BCUT2D eigenvalue weighted by molar-refractivity contribution is 0.106. The third-order valence-electron chi connectivity index (χ3n) is 1.92. The first-order valence-corrected chi connectivity index (χ1v) is 4.06. The number of hydrogen-bond donors (Lipinski definition) is 3. The van der Waals surface area contributed by atoms with E-state index in [1.807, 2.05) is 0 Å². The van der Waals surface area contributed by atoms with Gasteiger partial charge in [0.25, 0.3) is 0 Å². The van der Waals surface area contributed by atoms with Crippen molar-refractivity contribution >= 4 is 0 Å². The maximum atomic E-state index is 13.1. The Morgan fingerprint density at radius 3 is 2.57 bits per heavy atom. The second kappa shape index (κ2) is 4.45. The van der Waals surface area contributed by atoms with Crippen LogP contribution in [-0.2, 0) is 0 Å². The molecule has 0 amide bonds. The predicted octanol–water partition coefficient (Wildman–Crippen LogP) is 0.318. The standard InChI is InChI=1S/C9H11F2NO2/c10-6-3-1-2-5(8(6)11)9(14)7(12)4-13/h1-3,7,9,13-14H,4,12H2. The summed E-state index contributed by atoms with van der Waals surface area (Å²) < 4.78 is 25.8. The van der Waals surface area contributed by atoms with Gasteiger partial charge in [0.15, 0.2) is 11.6 Å². The van der Waals surface area contributed by atoms with Gasteiger partial charge in [-0.2, -0.15) is 0 Å². The average Bonchev–Trinajstić information content (AvgIpc) is 2.20. The number of aliphatic hydroxyl groups is 2. The van der Waals surface area contributed by atoms with E-state index in [-0.39, 0.29) is 5.56 Å². The van der Waals surface area contributed by atoms with Gasteiger partial charge in [0, 0.05) is 5.56 Å². The van der Waals surface area contributed by atoms with Gasteiger partial charge < -0.3 is 15.9 Å². The minimum atomic E-state index is -1.41. The molecule has 0 heterocycles. The first-order chi connectivity index (χ1) is 6.57. The van der Waals surface area contributed by atoms with Crippen LogP contribution in [0.5, 0.6) is 0 Å². The van der Waals surface area contributed by atoms with Crippen LogP contribution in [0.4, 0.5) is 8.78 Å². The number of aliphatic hydroxyl groups excluding tert-OH is 2. The molecule has 0 aliphatic rings. The van der Waals surface area contributed by atoms with Gasteiger partial charge in [-0.3, -0.25) is 0 Å². The third kappa shape index (κ3) is 2.06. The highest BCUT2D eigenvalue weighted by Crippen LogP contribution is 2.20. The Balaban J connectivity index is 3.01. The minimum absolute atomic E-state index is 0.244. The third-order valence-corrected chi connectivity index (χ3v) is 1.92. The van der Waals surface area contributed by atoms with Crippen molar-refractivity contribution < 1.29 is 19.0 Å². The molecule has 0 fully saturated rings. The highest BCUT2D eigenvalue weighted by Gasteiger charge is 2.21. The average molecular weight is 203 g/mol. The van der Waals surface area contributed by atoms with Crippen LogP contribution in [0, 0.1) is 11.6 Å². The molecule has 0 bridgehead atoms. The predicted molar refractivity (Wildman–Crippen MR) is 46.4 cm³/mol. The summed E-state index contributed by atoms with van der Waals surface area (Å²) in [5.41, 5.74) is 5.03. The first-order valence-electron chi connectivity index (χ1n) is 4.06. The van der Waals surface area contributed by atoms with Gasteiger partial charge in [-0.1, -0.05) is 12.1 Å². The van der Waals surface area contributed by atoms with Crippen molar-refractivity contribution in [2.24, 2.45) is 5.73 Å². The van der Waals surface area contributed by atoms with Crippen molar-refractivity contribution in [2.75, 3.05) is 6.61 Å². The molecule has 1 rings (SSSR count). The Labute approximate surface area is 79.8 Å². The molecule has 0 aromatic heterocycles. The lowest BCUT2D eigenvalue weighted by Crippen LogP contribution is -2.32. The van der Waals surface area contributed by atoms with Crippen molar-refractivity contribution in [3.05, 3.63) is 35.4 Å². The molecule has 2 unspecified atom stereocenters. The molecule has 0 aliphatic carbocycles. The second-order valence-corrected chi connectivity index (χ2v) is 2.93. The summed E-state index contributed by atoms with van der Waals surface area (Å²) in [5.74, 6) is -2.18. The Kier molecular flexibility index (Phi) is 3.51. The lowest BCUT2D eigenvalue weighted by atomic mass is 10.0. The summed E-state index contributed by atoms with van der Waals surface area (Å²) >= 11 is 0. The van der Waals surface area contributed by atoms with Crippen molar-refractivity contribution in [3.63, 3.8) is 0 Å². The van der Waals surface area contributed by atoms with Crippen LogP contribution in [0.2, 0.25) is 0 Å². The van der Waals surface area contributed by atoms with E-state index < -0.39 is 30.4 Å². The van der Waals surface area contributed by atoms with Crippen LogP contribution in [-0.4, -0.2) is 22.9 Å². The van der Waals surface area contributed by atoms with Gasteiger partial charge in [0.05, 0.1) is 18.8 Å². The molecule has 3 nitrogen and oxygen atoms in total. The highest BCUT2D eigenvalue weighted by molar-refractivity contribution is 5.22. The first kappa shape index (κ1) is 11.0. The molecular formula is C9H11F2NO2. The van der Waals surface area contributed by atoms with E-state index >= 15 is 0 Å². The Bertz CT molecular complexity index is 320. The maximum absolute atomic E-state index is 13.1. The van der Waals surface area contributed by atoms with E-state index in [2.05, 4.69) is 0 Å². The van der Waals surface area contributed by atoms with Gasteiger partial charge in [-0.25, -0.2) is 8.78 Å².